The Morgan fingerprint density at radius 2 is 2.07 bits per heavy atom. The lowest BCUT2D eigenvalue weighted by Crippen LogP contribution is -2.30. The summed E-state index contributed by atoms with van der Waals surface area (Å²) in [4.78, 5) is 21.5. The van der Waals surface area contributed by atoms with Gasteiger partial charge in [0.05, 0.1) is 36.1 Å². The van der Waals surface area contributed by atoms with Gasteiger partial charge in [0, 0.05) is 16.7 Å². The number of pyridine rings is 1. The first-order valence-electron chi connectivity index (χ1n) is 9.43. The molecule has 0 aliphatic heterocycles. The van der Waals surface area contributed by atoms with Crippen molar-refractivity contribution >= 4 is 16.9 Å². The Hall–Kier alpha value is -3.40. The Bertz CT molecular complexity index is 1090. The highest BCUT2D eigenvalue weighted by Crippen LogP contribution is 2.28. The van der Waals surface area contributed by atoms with Gasteiger partial charge in [-0.1, -0.05) is 26.8 Å². The molecule has 7 nitrogen and oxygen atoms in total. The number of ether oxygens (including phenoxy) is 1. The molecule has 0 aliphatic rings. The van der Waals surface area contributed by atoms with Crippen molar-refractivity contribution in [2.75, 3.05) is 7.11 Å². The molecule has 1 aromatic carbocycles. The number of hydrogen-bond acceptors (Lipinski definition) is 5. The lowest BCUT2D eigenvalue weighted by atomic mass is 9.91. The molecule has 150 valence electrons. The second-order valence-corrected chi connectivity index (χ2v) is 7.99. The number of benzene rings is 1. The fourth-order valence-electron chi connectivity index (χ4n) is 3.22. The van der Waals surface area contributed by atoms with E-state index >= 15 is 0 Å². The highest BCUT2D eigenvalue weighted by molar-refractivity contribution is 5.84. The van der Waals surface area contributed by atoms with Crippen LogP contribution in [0, 0.1) is 11.3 Å². The number of fused-ring (bicyclic) bond motifs is 1. The van der Waals surface area contributed by atoms with Gasteiger partial charge >= 0.3 is 0 Å². The zero-order valence-electron chi connectivity index (χ0n) is 17.4. The van der Waals surface area contributed by atoms with Crippen molar-refractivity contribution in [1.82, 2.24) is 19.9 Å². The fourth-order valence-corrected chi connectivity index (χ4v) is 3.22. The zero-order valence-corrected chi connectivity index (χ0v) is 17.4. The van der Waals surface area contributed by atoms with Crippen LogP contribution in [0.15, 0.2) is 36.7 Å². The molecule has 1 N–H and O–H groups in total. The third-order valence-electron chi connectivity index (χ3n) is 4.77. The van der Waals surface area contributed by atoms with Gasteiger partial charge in [0.2, 0.25) is 11.8 Å². The van der Waals surface area contributed by atoms with E-state index in [-0.39, 0.29) is 23.9 Å². The van der Waals surface area contributed by atoms with Crippen LogP contribution in [0.1, 0.15) is 50.6 Å². The van der Waals surface area contributed by atoms with Crippen molar-refractivity contribution < 1.29 is 9.53 Å². The summed E-state index contributed by atoms with van der Waals surface area (Å²) in [6.45, 7) is 8.22. The van der Waals surface area contributed by atoms with Crippen molar-refractivity contribution in [3.8, 4) is 11.9 Å². The first-order valence-corrected chi connectivity index (χ1v) is 9.43. The number of nitriles is 1. The zero-order chi connectivity index (χ0) is 21.2. The van der Waals surface area contributed by atoms with Crippen molar-refractivity contribution in [3.05, 3.63) is 53.5 Å². The number of amides is 1. The molecule has 1 unspecified atom stereocenters. The molecule has 1 atom stereocenters. The predicted molar refractivity (Wildman–Crippen MR) is 110 cm³/mol. The molecule has 3 aromatic rings. The summed E-state index contributed by atoms with van der Waals surface area (Å²) < 4.78 is 7.15. The first-order chi connectivity index (χ1) is 13.7. The van der Waals surface area contributed by atoms with Gasteiger partial charge in [-0.15, -0.1) is 0 Å². The molecule has 0 saturated heterocycles. The van der Waals surface area contributed by atoms with Crippen LogP contribution < -0.4 is 10.1 Å². The number of para-hydroxylation sites is 1. The van der Waals surface area contributed by atoms with Crippen LogP contribution in [-0.2, 0) is 16.8 Å². The maximum Gasteiger partial charge on any atom is 0.240 e. The van der Waals surface area contributed by atoms with Gasteiger partial charge < -0.3 is 14.6 Å². The smallest absolute Gasteiger partial charge is 0.240 e. The molecule has 2 heterocycles. The van der Waals surface area contributed by atoms with E-state index < -0.39 is 0 Å². The van der Waals surface area contributed by atoms with Crippen LogP contribution in [0.4, 0.5) is 0 Å². The standard InChI is InChI=1S/C22H25N5O2/c1-14(16-9-10-18(22(2,3)4)26-21(16)29-5)25-19(28)12-27-13-24-17-8-6-7-15(11-23)20(17)27/h6-10,13-14H,12H2,1-5H3,(H,25,28). The third kappa shape index (κ3) is 4.21. The molecule has 0 saturated carbocycles. The number of aromatic nitrogens is 3. The Balaban J connectivity index is 1.79. The highest BCUT2D eigenvalue weighted by Gasteiger charge is 2.21. The summed E-state index contributed by atoms with van der Waals surface area (Å²) in [7, 11) is 1.58. The minimum atomic E-state index is -0.288. The monoisotopic (exact) mass is 391 g/mol. The van der Waals surface area contributed by atoms with Crippen LogP contribution in [0.5, 0.6) is 5.88 Å². The maximum absolute atomic E-state index is 12.7. The Morgan fingerprint density at radius 3 is 2.72 bits per heavy atom. The summed E-state index contributed by atoms with van der Waals surface area (Å²) in [6, 6.07) is 11.1. The summed E-state index contributed by atoms with van der Waals surface area (Å²) in [6.07, 6.45) is 1.58. The number of nitrogens with zero attached hydrogens (tertiary/aromatic N) is 4. The van der Waals surface area contributed by atoms with Crippen LogP contribution in [-0.4, -0.2) is 27.6 Å². The average molecular weight is 391 g/mol. The molecule has 0 radical (unpaired) electrons. The molecule has 0 aliphatic carbocycles. The number of hydrogen-bond donors (Lipinski definition) is 1. The lowest BCUT2D eigenvalue weighted by Gasteiger charge is -2.22. The van der Waals surface area contributed by atoms with E-state index in [1.807, 2.05) is 25.1 Å². The summed E-state index contributed by atoms with van der Waals surface area (Å²) >= 11 is 0. The number of nitrogens with one attached hydrogen (secondary N) is 1. The number of carbonyl (C=O) groups excluding carboxylic acids is 1. The predicted octanol–water partition coefficient (Wildman–Crippen LogP) is 3.49. The molecule has 7 heteroatoms. The second-order valence-electron chi connectivity index (χ2n) is 7.99. The summed E-state index contributed by atoms with van der Waals surface area (Å²) in [5.74, 6) is 0.316. The molecule has 1 amide bonds. The van der Waals surface area contributed by atoms with E-state index in [1.165, 1.54) is 0 Å². The molecule has 0 fully saturated rings. The molecule has 0 spiro atoms. The normalized spacial score (nSPS) is 12.4. The Morgan fingerprint density at radius 1 is 1.31 bits per heavy atom. The van der Waals surface area contributed by atoms with Crippen molar-refractivity contribution in [2.45, 2.75) is 45.7 Å². The van der Waals surface area contributed by atoms with E-state index in [2.05, 4.69) is 42.1 Å². The summed E-state index contributed by atoms with van der Waals surface area (Å²) in [5.41, 5.74) is 3.47. The quantitative estimate of drug-likeness (QED) is 0.719. The van der Waals surface area contributed by atoms with E-state index in [0.29, 0.717) is 22.5 Å². The van der Waals surface area contributed by atoms with Gasteiger partial charge in [-0.05, 0) is 31.2 Å². The number of imidazole rings is 1. The topological polar surface area (TPSA) is 92.8 Å². The van der Waals surface area contributed by atoms with Crippen molar-refractivity contribution in [1.29, 1.82) is 5.26 Å². The van der Waals surface area contributed by atoms with Crippen LogP contribution >= 0.6 is 0 Å². The highest BCUT2D eigenvalue weighted by atomic mass is 16.5. The summed E-state index contributed by atoms with van der Waals surface area (Å²) in [5, 5.41) is 12.3. The molecular weight excluding hydrogens is 366 g/mol. The van der Waals surface area contributed by atoms with Gasteiger partial charge in [0.25, 0.3) is 0 Å². The Labute approximate surface area is 170 Å². The number of carbonyl (C=O) groups is 1. The SMILES string of the molecule is COc1nc(C(C)(C)C)ccc1C(C)NC(=O)Cn1cnc2cccc(C#N)c21. The lowest BCUT2D eigenvalue weighted by molar-refractivity contribution is -0.122. The van der Waals surface area contributed by atoms with Gasteiger partial charge in [-0.3, -0.25) is 4.79 Å². The third-order valence-corrected chi connectivity index (χ3v) is 4.77. The molecular formula is C22H25N5O2. The average Bonchev–Trinajstić information content (AvgIpc) is 3.09. The van der Waals surface area contributed by atoms with E-state index in [0.717, 1.165) is 11.3 Å². The number of rotatable bonds is 5. The van der Waals surface area contributed by atoms with Crippen LogP contribution in [0.25, 0.3) is 11.0 Å². The largest absolute Gasteiger partial charge is 0.481 e. The number of methoxy groups -OCH3 is 1. The Kier molecular flexibility index (Phi) is 5.55. The van der Waals surface area contributed by atoms with E-state index in [9.17, 15) is 10.1 Å². The molecule has 3 rings (SSSR count). The van der Waals surface area contributed by atoms with E-state index in [4.69, 9.17) is 4.74 Å². The maximum atomic E-state index is 12.7. The first kappa shape index (κ1) is 20.3. The minimum absolute atomic E-state index is 0.0648. The second kappa shape index (κ2) is 7.92. The van der Waals surface area contributed by atoms with Gasteiger partial charge in [0.1, 0.15) is 12.6 Å². The van der Waals surface area contributed by atoms with Gasteiger partial charge in [0.15, 0.2) is 0 Å². The molecule has 29 heavy (non-hydrogen) atoms. The molecule has 2 aromatic heterocycles. The van der Waals surface area contributed by atoms with Crippen LogP contribution in [0.2, 0.25) is 0 Å². The van der Waals surface area contributed by atoms with E-state index in [1.54, 1.807) is 30.1 Å². The van der Waals surface area contributed by atoms with Crippen molar-refractivity contribution in [3.63, 3.8) is 0 Å². The van der Waals surface area contributed by atoms with Gasteiger partial charge in [-0.2, -0.15) is 5.26 Å². The van der Waals surface area contributed by atoms with Crippen molar-refractivity contribution in [2.24, 2.45) is 0 Å². The van der Waals surface area contributed by atoms with Crippen LogP contribution in [0.3, 0.4) is 0 Å². The minimum Gasteiger partial charge on any atom is -0.481 e. The molecule has 0 bridgehead atoms. The van der Waals surface area contributed by atoms with Gasteiger partial charge in [-0.25, -0.2) is 9.97 Å². The fraction of sp³-hybridized carbons (Fsp3) is 0.364.